The summed E-state index contributed by atoms with van der Waals surface area (Å²) in [6.45, 7) is 7.34. The van der Waals surface area contributed by atoms with Gasteiger partial charge in [0.1, 0.15) is 5.56 Å². The number of alkyl halides is 5. The van der Waals surface area contributed by atoms with E-state index < -0.39 is 53.0 Å². The second-order valence-electron chi connectivity index (χ2n) is 8.22. The Morgan fingerprint density at radius 2 is 1.77 bits per heavy atom. The summed E-state index contributed by atoms with van der Waals surface area (Å²) in [5.41, 5.74) is -4.11. The van der Waals surface area contributed by atoms with Gasteiger partial charge in [0.2, 0.25) is 5.92 Å². The molecule has 1 aliphatic carbocycles. The number of esters is 1. The molecule has 0 aliphatic heterocycles. The highest BCUT2D eigenvalue weighted by atomic mass is 19.4. The van der Waals surface area contributed by atoms with Crippen LogP contribution in [0.3, 0.4) is 0 Å². The molecule has 4 nitrogen and oxygen atoms in total. The number of carbonyl (C=O) groups is 1. The van der Waals surface area contributed by atoms with E-state index in [-0.39, 0.29) is 18.8 Å². The summed E-state index contributed by atoms with van der Waals surface area (Å²) in [6.07, 6.45) is -5.75. The van der Waals surface area contributed by atoms with Crippen molar-refractivity contribution in [3.8, 4) is 0 Å². The highest BCUT2D eigenvalue weighted by Gasteiger charge is 2.55. The molecule has 1 heterocycles. The minimum absolute atomic E-state index is 0.110. The van der Waals surface area contributed by atoms with Gasteiger partial charge in [-0.05, 0) is 12.3 Å². The van der Waals surface area contributed by atoms with Crippen molar-refractivity contribution in [2.45, 2.75) is 71.5 Å². The number of carbonyl (C=O) groups excluding carboxylic acids is 1. The summed E-state index contributed by atoms with van der Waals surface area (Å²) in [7, 11) is 0. The largest absolute Gasteiger partial charge is 0.461 e. The summed E-state index contributed by atoms with van der Waals surface area (Å²) < 4.78 is 73.4. The summed E-state index contributed by atoms with van der Waals surface area (Å²) in [5.74, 6) is -4.00. The lowest BCUT2D eigenvalue weighted by atomic mass is 9.67. The fourth-order valence-electron chi connectivity index (χ4n) is 3.45. The van der Waals surface area contributed by atoms with Gasteiger partial charge in [-0.25, -0.2) is 13.6 Å². The van der Waals surface area contributed by atoms with E-state index in [2.05, 4.69) is 5.10 Å². The lowest BCUT2D eigenvalue weighted by Crippen LogP contribution is -2.47. The molecule has 1 fully saturated rings. The van der Waals surface area contributed by atoms with E-state index in [0.717, 1.165) is 4.68 Å². The molecule has 0 amide bonds. The summed E-state index contributed by atoms with van der Waals surface area (Å²) in [5, 5.41) is 4.02. The quantitative estimate of drug-likeness (QED) is 0.554. The van der Waals surface area contributed by atoms with E-state index in [1.165, 1.54) is 6.92 Å². The van der Waals surface area contributed by atoms with Crippen LogP contribution < -0.4 is 0 Å². The Morgan fingerprint density at radius 3 is 2.15 bits per heavy atom. The molecule has 0 bridgehead atoms. The minimum Gasteiger partial charge on any atom is -0.461 e. The monoisotopic (exact) mass is 382 g/mol. The van der Waals surface area contributed by atoms with Crippen molar-refractivity contribution in [3.05, 3.63) is 17.0 Å². The van der Waals surface area contributed by atoms with Crippen LogP contribution in [0.4, 0.5) is 22.0 Å². The molecular formula is C17H23F5N2O2. The van der Waals surface area contributed by atoms with E-state index >= 15 is 0 Å². The van der Waals surface area contributed by atoms with Gasteiger partial charge in [-0.15, -0.1) is 0 Å². The van der Waals surface area contributed by atoms with Crippen LogP contribution >= 0.6 is 0 Å². The minimum atomic E-state index is -4.83. The fourth-order valence-corrected chi connectivity index (χ4v) is 3.45. The molecule has 0 aromatic carbocycles. The van der Waals surface area contributed by atoms with Crippen molar-refractivity contribution in [2.24, 2.45) is 5.41 Å². The van der Waals surface area contributed by atoms with Crippen LogP contribution in [-0.2, 0) is 22.9 Å². The van der Waals surface area contributed by atoms with E-state index in [4.69, 9.17) is 4.74 Å². The third kappa shape index (κ3) is 4.01. The van der Waals surface area contributed by atoms with Crippen LogP contribution in [0.5, 0.6) is 0 Å². The Bertz CT molecular complexity index is 693. The van der Waals surface area contributed by atoms with Crippen LogP contribution in [0, 0.1) is 5.41 Å². The highest BCUT2D eigenvalue weighted by Crippen LogP contribution is 2.53. The first-order valence-corrected chi connectivity index (χ1v) is 8.33. The average molecular weight is 382 g/mol. The summed E-state index contributed by atoms with van der Waals surface area (Å²) >= 11 is 0. The fraction of sp³-hybridized carbons (Fsp3) is 0.765. The molecule has 2 rings (SSSR count). The van der Waals surface area contributed by atoms with Crippen LogP contribution in [0.2, 0.25) is 0 Å². The van der Waals surface area contributed by atoms with Gasteiger partial charge in [-0.3, -0.25) is 4.68 Å². The first kappa shape index (κ1) is 20.6. The maximum Gasteiger partial charge on any atom is 0.420 e. The van der Waals surface area contributed by atoms with E-state index in [1.54, 1.807) is 27.7 Å². The molecule has 0 atom stereocenters. The third-order valence-electron chi connectivity index (χ3n) is 4.32. The Labute approximate surface area is 148 Å². The second kappa shape index (κ2) is 6.20. The predicted octanol–water partition coefficient (Wildman–Crippen LogP) is 4.81. The molecule has 1 aromatic rings. The number of aromatic nitrogens is 2. The Morgan fingerprint density at radius 1 is 1.23 bits per heavy atom. The van der Waals surface area contributed by atoms with Gasteiger partial charge in [-0.2, -0.15) is 18.3 Å². The maximum absolute atomic E-state index is 13.7. The molecule has 0 N–H and O–H groups in total. The number of nitrogens with zero attached hydrogens (tertiary/aromatic N) is 2. The zero-order chi connectivity index (χ0) is 20.1. The number of hydrogen-bond acceptors (Lipinski definition) is 3. The van der Waals surface area contributed by atoms with Gasteiger partial charge >= 0.3 is 12.1 Å². The molecule has 0 unspecified atom stereocenters. The summed E-state index contributed by atoms with van der Waals surface area (Å²) in [4.78, 5) is 12.3. The molecular weight excluding hydrogens is 359 g/mol. The smallest absolute Gasteiger partial charge is 0.420 e. The van der Waals surface area contributed by atoms with E-state index in [1.807, 2.05) is 0 Å². The van der Waals surface area contributed by atoms with Crippen molar-refractivity contribution < 1.29 is 31.5 Å². The Kier molecular flexibility index (Phi) is 4.92. The topological polar surface area (TPSA) is 44.1 Å². The standard InChI is InChI=1S/C17H23F5N2O2/c1-6-26-13(25)11-10(17(20,21)22)12(14(2,3)4)23-24(11)9-15(5)7-16(18,19)8-15/h6-9H2,1-5H3. The van der Waals surface area contributed by atoms with Crippen LogP contribution in [-0.4, -0.2) is 28.3 Å². The molecule has 0 radical (unpaired) electrons. The SMILES string of the molecule is CCOC(=O)c1c(C(F)(F)F)c(C(C)(C)C)nn1CC1(C)CC(F)(F)C1. The molecule has 1 aromatic heterocycles. The number of rotatable bonds is 4. The number of hydrogen-bond donors (Lipinski definition) is 0. The number of ether oxygens (including phenoxy) is 1. The van der Waals surface area contributed by atoms with Crippen molar-refractivity contribution in [2.75, 3.05) is 6.61 Å². The molecule has 0 saturated heterocycles. The third-order valence-corrected chi connectivity index (χ3v) is 4.32. The lowest BCUT2D eigenvalue weighted by Gasteiger charge is -2.44. The zero-order valence-corrected chi connectivity index (χ0v) is 15.4. The molecule has 148 valence electrons. The van der Waals surface area contributed by atoms with Crippen molar-refractivity contribution >= 4 is 5.97 Å². The average Bonchev–Trinajstić information content (AvgIpc) is 2.75. The Hall–Kier alpha value is -1.67. The molecule has 9 heteroatoms. The van der Waals surface area contributed by atoms with Gasteiger partial charge in [0.05, 0.1) is 12.3 Å². The number of halogens is 5. The van der Waals surface area contributed by atoms with Crippen molar-refractivity contribution in [1.29, 1.82) is 0 Å². The van der Waals surface area contributed by atoms with Crippen LogP contribution in [0.25, 0.3) is 0 Å². The second-order valence-corrected chi connectivity index (χ2v) is 8.22. The summed E-state index contributed by atoms with van der Waals surface area (Å²) in [6, 6.07) is 0. The van der Waals surface area contributed by atoms with Gasteiger partial charge in [-0.1, -0.05) is 27.7 Å². The van der Waals surface area contributed by atoms with Gasteiger partial charge < -0.3 is 4.74 Å². The maximum atomic E-state index is 13.7. The van der Waals surface area contributed by atoms with Crippen LogP contribution in [0.1, 0.15) is 69.2 Å². The lowest BCUT2D eigenvalue weighted by molar-refractivity contribution is -0.160. The van der Waals surface area contributed by atoms with Gasteiger partial charge in [0, 0.05) is 24.8 Å². The van der Waals surface area contributed by atoms with E-state index in [0.29, 0.717) is 0 Å². The Balaban J connectivity index is 2.60. The molecule has 1 saturated carbocycles. The first-order valence-electron chi connectivity index (χ1n) is 8.33. The van der Waals surface area contributed by atoms with Crippen LogP contribution in [0.15, 0.2) is 0 Å². The van der Waals surface area contributed by atoms with Crippen molar-refractivity contribution in [1.82, 2.24) is 9.78 Å². The normalized spacial score (nSPS) is 19.2. The van der Waals surface area contributed by atoms with Gasteiger partial charge in [0.25, 0.3) is 0 Å². The first-order chi connectivity index (χ1) is 11.6. The molecule has 1 aliphatic rings. The molecule has 26 heavy (non-hydrogen) atoms. The zero-order valence-electron chi connectivity index (χ0n) is 15.4. The predicted molar refractivity (Wildman–Crippen MR) is 84.2 cm³/mol. The highest BCUT2D eigenvalue weighted by molar-refractivity contribution is 5.90. The molecule has 0 spiro atoms. The van der Waals surface area contributed by atoms with E-state index in [9.17, 15) is 26.7 Å². The van der Waals surface area contributed by atoms with Gasteiger partial charge in [0.15, 0.2) is 5.69 Å². The van der Waals surface area contributed by atoms with Crippen molar-refractivity contribution in [3.63, 3.8) is 0 Å².